The first-order valence-corrected chi connectivity index (χ1v) is 8.95. The fraction of sp³-hybridized carbons (Fsp3) is 0.462. The number of halogens is 8. The van der Waals surface area contributed by atoms with Crippen LogP contribution in [0, 0.1) is 5.82 Å². The highest BCUT2D eigenvalue weighted by atomic mass is 35.5. The topological polar surface area (TPSA) is 84.5 Å². The Morgan fingerprint density at radius 2 is 1.79 bits per heavy atom. The first-order chi connectivity index (χ1) is 12.5. The molecule has 0 aliphatic rings. The van der Waals surface area contributed by atoms with E-state index < -0.39 is 69.0 Å². The van der Waals surface area contributed by atoms with Gasteiger partial charge in [-0.15, -0.1) is 0 Å². The minimum absolute atomic E-state index is 0.546. The van der Waals surface area contributed by atoms with Crippen molar-refractivity contribution in [2.75, 3.05) is 13.2 Å². The third-order valence-corrected chi connectivity index (χ3v) is 4.50. The molecule has 1 atom stereocenters. The quantitative estimate of drug-likeness (QED) is 0.613. The molecule has 28 heavy (non-hydrogen) atoms. The van der Waals surface area contributed by atoms with Crippen molar-refractivity contribution >= 4 is 27.5 Å². The monoisotopic (exact) mass is 460 g/mol. The van der Waals surface area contributed by atoms with Crippen LogP contribution in [0.25, 0.3) is 0 Å². The Hall–Kier alpha value is -1.80. The van der Waals surface area contributed by atoms with Crippen molar-refractivity contribution in [2.24, 2.45) is 0 Å². The molecule has 160 valence electrons. The van der Waals surface area contributed by atoms with E-state index in [0.717, 1.165) is 6.92 Å². The summed E-state index contributed by atoms with van der Waals surface area (Å²) in [5.74, 6) is -3.22. The Kier molecular flexibility index (Phi) is 7.53. The SMILES string of the molecule is C[C@@H](COc1cc(C(=O)NCC(F)(F)F)c(Cl)cc1F)NS(=O)(=O)C(F)(F)F. The summed E-state index contributed by atoms with van der Waals surface area (Å²) in [5.41, 5.74) is -6.16. The normalized spacial score (nSPS) is 13.9. The summed E-state index contributed by atoms with van der Waals surface area (Å²) in [7, 11) is -5.68. The molecule has 0 aliphatic carbocycles. The molecule has 6 nitrogen and oxygen atoms in total. The fourth-order valence-corrected chi connectivity index (χ4v) is 2.64. The molecule has 15 heteroatoms. The number of sulfonamides is 1. The van der Waals surface area contributed by atoms with E-state index in [1.54, 1.807) is 0 Å². The maximum atomic E-state index is 13.8. The van der Waals surface area contributed by atoms with Crippen molar-refractivity contribution in [2.45, 2.75) is 24.7 Å². The molecule has 0 saturated heterocycles. The van der Waals surface area contributed by atoms with Crippen LogP contribution in [-0.4, -0.2) is 45.2 Å². The zero-order chi connectivity index (χ0) is 21.9. The first kappa shape index (κ1) is 24.2. The van der Waals surface area contributed by atoms with Gasteiger partial charge in [-0.05, 0) is 19.1 Å². The van der Waals surface area contributed by atoms with Crippen molar-refractivity contribution in [3.63, 3.8) is 0 Å². The van der Waals surface area contributed by atoms with Gasteiger partial charge in [-0.3, -0.25) is 4.79 Å². The number of alkyl halides is 6. The molecule has 1 amide bonds. The van der Waals surface area contributed by atoms with Crippen molar-refractivity contribution < 1.29 is 48.7 Å². The van der Waals surface area contributed by atoms with E-state index in [0.29, 0.717) is 12.1 Å². The average molecular weight is 461 g/mol. The van der Waals surface area contributed by atoms with Crippen molar-refractivity contribution in [3.8, 4) is 5.75 Å². The summed E-state index contributed by atoms with van der Waals surface area (Å²) >= 11 is 5.59. The standard InChI is InChI=1S/C13H12ClF7N2O4S/c1-6(23-28(25,26)13(19,20)21)4-27-10-2-7(8(14)3-9(10)15)11(24)22-5-12(16,17)18/h2-3,6,23H,4-5H2,1H3,(H,22,24)/t6-/m0/s1. The molecule has 0 bridgehead atoms. The molecule has 0 aliphatic heterocycles. The lowest BCUT2D eigenvalue weighted by molar-refractivity contribution is -0.123. The van der Waals surface area contributed by atoms with E-state index in [1.165, 1.54) is 10.0 Å². The van der Waals surface area contributed by atoms with Crippen molar-refractivity contribution in [1.82, 2.24) is 10.0 Å². The number of rotatable bonds is 7. The molecule has 1 aromatic carbocycles. The highest BCUT2D eigenvalue weighted by Gasteiger charge is 2.46. The molecule has 1 aromatic rings. The number of ether oxygens (including phenoxy) is 1. The molecule has 0 unspecified atom stereocenters. The molecular weight excluding hydrogens is 449 g/mol. The zero-order valence-corrected chi connectivity index (χ0v) is 15.3. The van der Waals surface area contributed by atoms with E-state index in [9.17, 15) is 43.9 Å². The van der Waals surface area contributed by atoms with Crippen molar-refractivity contribution in [3.05, 3.63) is 28.5 Å². The van der Waals surface area contributed by atoms with Gasteiger partial charge in [-0.1, -0.05) is 11.6 Å². The van der Waals surface area contributed by atoms with Gasteiger partial charge in [0.15, 0.2) is 11.6 Å². The predicted molar refractivity (Wildman–Crippen MR) is 82.9 cm³/mol. The van der Waals surface area contributed by atoms with Crippen LogP contribution in [0.2, 0.25) is 5.02 Å². The van der Waals surface area contributed by atoms with Gasteiger partial charge in [0, 0.05) is 0 Å². The Bertz CT molecular complexity index is 827. The molecule has 0 saturated carbocycles. The molecule has 1 rings (SSSR count). The van der Waals surface area contributed by atoms with Gasteiger partial charge in [0.1, 0.15) is 13.2 Å². The van der Waals surface area contributed by atoms with Crippen LogP contribution in [0.3, 0.4) is 0 Å². The highest BCUT2D eigenvalue weighted by molar-refractivity contribution is 7.90. The second kappa shape index (κ2) is 8.69. The summed E-state index contributed by atoms with van der Waals surface area (Å²) in [4.78, 5) is 11.7. The van der Waals surface area contributed by atoms with Gasteiger partial charge in [0.05, 0.1) is 16.6 Å². The second-order valence-corrected chi connectivity index (χ2v) is 7.45. The van der Waals surface area contributed by atoms with Crippen LogP contribution in [0.4, 0.5) is 30.7 Å². The van der Waals surface area contributed by atoms with E-state index >= 15 is 0 Å². The van der Waals surface area contributed by atoms with Gasteiger partial charge in [0.2, 0.25) is 0 Å². The number of hydrogen-bond donors (Lipinski definition) is 2. The lowest BCUT2D eigenvalue weighted by Crippen LogP contribution is -2.43. The van der Waals surface area contributed by atoms with Crippen LogP contribution in [0.1, 0.15) is 17.3 Å². The zero-order valence-electron chi connectivity index (χ0n) is 13.7. The first-order valence-electron chi connectivity index (χ1n) is 7.09. The average Bonchev–Trinajstić information content (AvgIpc) is 2.49. The summed E-state index contributed by atoms with van der Waals surface area (Å²) in [5, 5.41) is 0.950. The van der Waals surface area contributed by atoms with E-state index in [2.05, 4.69) is 0 Å². The van der Waals surface area contributed by atoms with Crippen LogP contribution in [0.5, 0.6) is 5.75 Å². The van der Waals surface area contributed by atoms with Gasteiger partial charge in [-0.2, -0.15) is 26.3 Å². The van der Waals surface area contributed by atoms with Crippen LogP contribution in [-0.2, 0) is 10.0 Å². The third-order valence-electron chi connectivity index (χ3n) is 2.87. The van der Waals surface area contributed by atoms with E-state index in [-0.39, 0.29) is 0 Å². The van der Waals surface area contributed by atoms with Gasteiger partial charge in [0.25, 0.3) is 5.91 Å². The fourth-order valence-electron chi connectivity index (χ4n) is 1.67. The molecule has 0 heterocycles. The van der Waals surface area contributed by atoms with Crippen molar-refractivity contribution in [1.29, 1.82) is 0 Å². The van der Waals surface area contributed by atoms with Gasteiger partial charge < -0.3 is 10.1 Å². The van der Waals surface area contributed by atoms with Gasteiger partial charge in [-0.25, -0.2) is 17.5 Å². The van der Waals surface area contributed by atoms with Gasteiger partial charge >= 0.3 is 21.7 Å². The predicted octanol–water partition coefficient (Wildman–Crippen LogP) is 2.98. The highest BCUT2D eigenvalue weighted by Crippen LogP contribution is 2.27. The second-order valence-electron chi connectivity index (χ2n) is 5.34. The third kappa shape index (κ3) is 6.98. The number of carbonyl (C=O) groups excluding carboxylic acids is 1. The molecule has 0 aromatic heterocycles. The molecular formula is C13H12ClF7N2O4S. The molecule has 0 radical (unpaired) electrons. The van der Waals surface area contributed by atoms with Crippen LogP contribution in [0.15, 0.2) is 12.1 Å². The number of benzene rings is 1. The van der Waals surface area contributed by atoms with E-state index in [1.807, 2.05) is 0 Å². The number of carbonyl (C=O) groups is 1. The lowest BCUT2D eigenvalue weighted by atomic mass is 10.2. The molecule has 0 spiro atoms. The molecule has 2 N–H and O–H groups in total. The maximum absolute atomic E-state index is 13.8. The van der Waals surface area contributed by atoms with Crippen LogP contribution < -0.4 is 14.8 Å². The Morgan fingerprint density at radius 1 is 1.21 bits per heavy atom. The summed E-state index contributed by atoms with van der Waals surface area (Å²) < 4.78 is 115. The maximum Gasteiger partial charge on any atom is 0.511 e. The lowest BCUT2D eigenvalue weighted by Gasteiger charge is -2.17. The summed E-state index contributed by atoms with van der Waals surface area (Å²) in [6.07, 6.45) is -4.72. The molecule has 0 fully saturated rings. The van der Waals surface area contributed by atoms with Crippen LogP contribution >= 0.6 is 11.6 Å². The summed E-state index contributed by atoms with van der Waals surface area (Å²) in [6, 6.07) is -0.289. The minimum atomic E-state index is -5.68. The Balaban J connectivity index is 2.88. The smallest absolute Gasteiger partial charge is 0.489 e. The summed E-state index contributed by atoms with van der Waals surface area (Å²) in [6.45, 7) is -1.50. The number of nitrogens with one attached hydrogen (secondary N) is 2. The Labute approximate surface area is 159 Å². The minimum Gasteiger partial charge on any atom is -0.489 e. The van der Waals surface area contributed by atoms with E-state index in [4.69, 9.17) is 16.3 Å². The number of hydrogen-bond acceptors (Lipinski definition) is 4. The Morgan fingerprint density at radius 3 is 2.29 bits per heavy atom. The number of amides is 1. The largest absolute Gasteiger partial charge is 0.511 e.